The van der Waals surface area contributed by atoms with Crippen LogP contribution in [0.1, 0.15) is 10.4 Å². The Morgan fingerprint density at radius 3 is 2.23 bits per heavy atom. The van der Waals surface area contributed by atoms with Gasteiger partial charge in [-0.05, 0) is 36.4 Å². The van der Waals surface area contributed by atoms with Crippen LogP contribution in [0, 0.1) is 15.5 Å². The van der Waals surface area contributed by atoms with Crippen LogP contribution in [0.25, 0.3) is 0 Å². The molecule has 0 saturated heterocycles. The highest BCUT2D eigenvalue weighted by molar-refractivity contribution is 5.93. The molecule has 22 heavy (non-hydrogen) atoms. The first-order chi connectivity index (χ1) is 10.5. The number of guanidine groups is 1. The lowest BCUT2D eigenvalue weighted by atomic mass is 10.2. The number of anilines is 1. The molecule has 2 rings (SSSR count). The second kappa shape index (κ2) is 6.35. The van der Waals surface area contributed by atoms with Gasteiger partial charge in [0.1, 0.15) is 5.75 Å². The molecule has 0 bridgehead atoms. The average Bonchev–Trinajstić information content (AvgIpc) is 2.48. The van der Waals surface area contributed by atoms with Gasteiger partial charge in [0.25, 0.3) is 5.69 Å². The number of non-ortho nitro benzene ring substituents is 1. The Bertz CT molecular complexity index is 711. The van der Waals surface area contributed by atoms with Gasteiger partial charge in [-0.25, -0.2) is 4.79 Å². The van der Waals surface area contributed by atoms with Crippen molar-refractivity contribution < 1.29 is 14.5 Å². The van der Waals surface area contributed by atoms with Gasteiger partial charge in [0.15, 0.2) is 5.96 Å². The van der Waals surface area contributed by atoms with Gasteiger partial charge in [-0.1, -0.05) is 0 Å². The van der Waals surface area contributed by atoms with Gasteiger partial charge in [-0.2, -0.15) is 0 Å². The number of nitrogens with two attached hydrogens (primary N) is 1. The minimum absolute atomic E-state index is 0.0838. The molecule has 2 aromatic rings. The number of benzene rings is 2. The molecular weight excluding hydrogens is 288 g/mol. The van der Waals surface area contributed by atoms with Crippen molar-refractivity contribution in [3.05, 3.63) is 64.2 Å². The molecule has 0 amide bonds. The van der Waals surface area contributed by atoms with Crippen LogP contribution < -0.4 is 15.8 Å². The van der Waals surface area contributed by atoms with Crippen molar-refractivity contribution >= 4 is 23.3 Å². The zero-order chi connectivity index (χ0) is 16.1. The van der Waals surface area contributed by atoms with Crippen molar-refractivity contribution in [3.8, 4) is 5.75 Å². The molecule has 0 heterocycles. The average molecular weight is 300 g/mol. The molecule has 0 radical (unpaired) electrons. The number of carbonyl (C=O) groups is 1. The third-order valence-corrected chi connectivity index (χ3v) is 2.66. The number of hydrogen-bond acceptors (Lipinski definition) is 5. The van der Waals surface area contributed by atoms with Crippen molar-refractivity contribution in [3.63, 3.8) is 0 Å². The molecule has 8 heteroatoms. The van der Waals surface area contributed by atoms with Crippen LogP contribution in [0.15, 0.2) is 48.5 Å². The fourth-order valence-corrected chi connectivity index (χ4v) is 1.65. The van der Waals surface area contributed by atoms with E-state index < -0.39 is 10.9 Å². The molecule has 0 aliphatic rings. The summed E-state index contributed by atoms with van der Waals surface area (Å²) in [6.45, 7) is 0. The minimum atomic E-state index is -0.594. The van der Waals surface area contributed by atoms with Crippen molar-refractivity contribution in [1.29, 1.82) is 5.41 Å². The van der Waals surface area contributed by atoms with E-state index in [1.54, 1.807) is 12.1 Å². The van der Waals surface area contributed by atoms with Gasteiger partial charge < -0.3 is 15.8 Å². The van der Waals surface area contributed by atoms with E-state index in [4.69, 9.17) is 15.9 Å². The van der Waals surface area contributed by atoms with E-state index in [9.17, 15) is 14.9 Å². The number of nitrogens with one attached hydrogen (secondary N) is 2. The molecule has 4 N–H and O–H groups in total. The number of hydrogen-bond donors (Lipinski definition) is 3. The topological polar surface area (TPSA) is 131 Å². The molecule has 8 nitrogen and oxygen atoms in total. The summed E-state index contributed by atoms with van der Waals surface area (Å²) < 4.78 is 5.11. The fourth-order valence-electron chi connectivity index (χ4n) is 1.65. The second-order valence-corrected chi connectivity index (χ2v) is 4.26. The van der Waals surface area contributed by atoms with E-state index in [1.165, 1.54) is 36.4 Å². The van der Waals surface area contributed by atoms with Crippen molar-refractivity contribution in [2.75, 3.05) is 5.32 Å². The smallest absolute Gasteiger partial charge is 0.343 e. The minimum Gasteiger partial charge on any atom is -0.423 e. The van der Waals surface area contributed by atoms with E-state index in [0.29, 0.717) is 11.3 Å². The Morgan fingerprint density at radius 1 is 1.14 bits per heavy atom. The highest BCUT2D eigenvalue weighted by atomic mass is 16.6. The first-order valence-electron chi connectivity index (χ1n) is 6.13. The molecule has 0 atom stereocenters. The Morgan fingerprint density at radius 2 is 1.73 bits per heavy atom. The van der Waals surface area contributed by atoms with E-state index in [-0.39, 0.29) is 17.4 Å². The van der Waals surface area contributed by atoms with Crippen molar-refractivity contribution in [2.45, 2.75) is 0 Å². The third kappa shape index (κ3) is 3.79. The number of nitro groups is 1. The lowest BCUT2D eigenvalue weighted by molar-refractivity contribution is -0.384. The normalized spacial score (nSPS) is 9.82. The molecule has 0 spiro atoms. The molecule has 0 saturated carbocycles. The van der Waals surface area contributed by atoms with Gasteiger partial charge in [0.05, 0.1) is 10.5 Å². The molecule has 2 aromatic carbocycles. The van der Waals surface area contributed by atoms with Crippen LogP contribution in [-0.4, -0.2) is 16.9 Å². The van der Waals surface area contributed by atoms with Crippen LogP contribution in [0.5, 0.6) is 5.75 Å². The zero-order valence-electron chi connectivity index (χ0n) is 11.3. The summed E-state index contributed by atoms with van der Waals surface area (Å²) >= 11 is 0. The summed E-state index contributed by atoms with van der Waals surface area (Å²) in [6.07, 6.45) is 0. The van der Waals surface area contributed by atoms with E-state index >= 15 is 0 Å². The number of nitro benzene ring substituents is 1. The van der Waals surface area contributed by atoms with Crippen LogP contribution in [0.3, 0.4) is 0 Å². The Balaban J connectivity index is 2.05. The fraction of sp³-hybridized carbons (Fsp3) is 0. The predicted molar refractivity (Wildman–Crippen MR) is 80.0 cm³/mol. The monoisotopic (exact) mass is 300 g/mol. The summed E-state index contributed by atoms with van der Waals surface area (Å²) in [5.41, 5.74) is 5.97. The van der Waals surface area contributed by atoms with Gasteiger partial charge in [0.2, 0.25) is 0 Å². The van der Waals surface area contributed by atoms with Crippen LogP contribution >= 0.6 is 0 Å². The molecular formula is C14H12N4O4. The van der Waals surface area contributed by atoms with Gasteiger partial charge >= 0.3 is 5.97 Å². The maximum Gasteiger partial charge on any atom is 0.343 e. The summed E-state index contributed by atoms with van der Waals surface area (Å²) in [5.74, 6) is -0.592. The maximum atomic E-state index is 11.9. The maximum absolute atomic E-state index is 11.9. The number of ether oxygens (including phenoxy) is 1. The van der Waals surface area contributed by atoms with Crippen LogP contribution in [0.4, 0.5) is 11.4 Å². The standard InChI is InChI=1S/C14H12N4O4/c15-14(16)17-10-3-1-9(2-4-10)13(19)22-12-7-5-11(6-8-12)18(20)21/h1-8H,(H4,15,16,17). The first-order valence-corrected chi connectivity index (χ1v) is 6.13. The predicted octanol–water partition coefficient (Wildman–Crippen LogP) is 2.12. The number of rotatable bonds is 4. The molecule has 112 valence electrons. The Labute approximate surface area is 125 Å². The largest absolute Gasteiger partial charge is 0.423 e. The SMILES string of the molecule is N=C(N)Nc1ccc(C(=O)Oc2ccc([N+](=O)[O-])cc2)cc1. The van der Waals surface area contributed by atoms with Gasteiger partial charge in [-0.3, -0.25) is 15.5 Å². The first kappa shape index (κ1) is 15.0. The van der Waals surface area contributed by atoms with Crippen LogP contribution in [-0.2, 0) is 0 Å². The Kier molecular flexibility index (Phi) is 4.33. The highest BCUT2D eigenvalue weighted by Gasteiger charge is 2.10. The number of carbonyl (C=O) groups excluding carboxylic acids is 1. The van der Waals surface area contributed by atoms with Crippen LogP contribution in [0.2, 0.25) is 0 Å². The van der Waals surface area contributed by atoms with E-state index in [0.717, 1.165) is 0 Å². The van der Waals surface area contributed by atoms with Gasteiger partial charge in [-0.15, -0.1) is 0 Å². The molecule has 0 unspecified atom stereocenters. The lowest BCUT2D eigenvalue weighted by Crippen LogP contribution is -2.20. The second-order valence-electron chi connectivity index (χ2n) is 4.26. The number of esters is 1. The molecule has 0 aliphatic carbocycles. The quantitative estimate of drug-likeness (QED) is 0.198. The number of nitrogens with zero attached hydrogens (tertiary/aromatic N) is 1. The summed E-state index contributed by atoms with van der Waals surface area (Å²) in [7, 11) is 0. The summed E-state index contributed by atoms with van der Waals surface area (Å²) in [5, 5.41) is 20.2. The highest BCUT2D eigenvalue weighted by Crippen LogP contribution is 2.19. The molecule has 0 aliphatic heterocycles. The van der Waals surface area contributed by atoms with E-state index in [1.807, 2.05) is 0 Å². The summed E-state index contributed by atoms with van der Waals surface area (Å²) in [4.78, 5) is 21.9. The third-order valence-electron chi connectivity index (χ3n) is 2.66. The van der Waals surface area contributed by atoms with E-state index in [2.05, 4.69) is 5.32 Å². The summed E-state index contributed by atoms with van der Waals surface area (Å²) in [6, 6.07) is 11.4. The Hall–Kier alpha value is -3.42. The molecule has 0 fully saturated rings. The van der Waals surface area contributed by atoms with Gasteiger partial charge in [0, 0.05) is 17.8 Å². The zero-order valence-corrected chi connectivity index (χ0v) is 11.3. The van der Waals surface area contributed by atoms with Crippen molar-refractivity contribution in [1.82, 2.24) is 0 Å². The molecule has 0 aromatic heterocycles. The van der Waals surface area contributed by atoms with Crippen molar-refractivity contribution in [2.24, 2.45) is 5.73 Å². The lowest BCUT2D eigenvalue weighted by Gasteiger charge is -2.06.